The third kappa shape index (κ3) is 2.74. The highest BCUT2D eigenvalue weighted by Crippen LogP contribution is 2.21. The second kappa shape index (κ2) is 4.47. The Morgan fingerprint density at radius 2 is 2.07 bits per heavy atom. The molecule has 1 aromatic carbocycles. The van der Waals surface area contributed by atoms with E-state index in [0.29, 0.717) is 11.6 Å². The number of rotatable bonds is 2. The molecule has 0 heterocycles. The molecular formula is C11H13ClO2. The Morgan fingerprint density at radius 3 is 2.64 bits per heavy atom. The third-order valence-corrected chi connectivity index (χ3v) is 2.42. The summed E-state index contributed by atoms with van der Waals surface area (Å²) in [5.74, 6) is -0.276. The number of carbonyl (C=O) groups is 1. The average Bonchev–Trinajstić information content (AvgIpc) is 2.08. The van der Waals surface area contributed by atoms with Crippen molar-refractivity contribution in [1.29, 1.82) is 0 Å². The van der Waals surface area contributed by atoms with Gasteiger partial charge in [-0.25, -0.2) is 0 Å². The Kier molecular flexibility index (Phi) is 3.53. The van der Waals surface area contributed by atoms with Crippen LogP contribution in [-0.4, -0.2) is 5.97 Å². The molecule has 76 valence electrons. The van der Waals surface area contributed by atoms with Crippen molar-refractivity contribution in [3.8, 4) is 0 Å². The SMILES string of the molecule is CC(=O)OCc1cc(C)cc(Cl)c1C. The molecule has 0 atom stereocenters. The standard InChI is InChI=1S/C11H13ClO2/c1-7-4-10(6-14-9(3)13)8(2)11(12)5-7/h4-5H,6H2,1-3H3. The Bertz CT molecular complexity index is 359. The Morgan fingerprint density at radius 1 is 1.43 bits per heavy atom. The third-order valence-electron chi connectivity index (χ3n) is 2.03. The first-order valence-electron chi connectivity index (χ1n) is 4.39. The first-order chi connectivity index (χ1) is 6.50. The summed E-state index contributed by atoms with van der Waals surface area (Å²) >= 11 is 5.99. The Balaban J connectivity index is 2.90. The van der Waals surface area contributed by atoms with Crippen molar-refractivity contribution in [2.75, 3.05) is 0 Å². The highest BCUT2D eigenvalue weighted by Gasteiger charge is 2.05. The van der Waals surface area contributed by atoms with E-state index in [2.05, 4.69) is 0 Å². The fraction of sp³-hybridized carbons (Fsp3) is 0.364. The van der Waals surface area contributed by atoms with Crippen LogP contribution in [0, 0.1) is 13.8 Å². The van der Waals surface area contributed by atoms with Crippen LogP contribution in [0.25, 0.3) is 0 Å². The van der Waals surface area contributed by atoms with Crippen LogP contribution < -0.4 is 0 Å². The van der Waals surface area contributed by atoms with E-state index < -0.39 is 0 Å². The number of carbonyl (C=O) groups excluding carboxylic acids is 1. The Hall–Kier alpha value is -1.02. The lowest BCUT2D eigenvalue weighted by molar-refractivity contribution is -0.142. The van der Waals surface area contributed by atoms with Gasteiger partial charge >= 0.3 is 5.97 Å². The zero-order valence-corrected chi connectivity index (χ0v) is 9.31. The fourth-order valence-electron chi connectivity index (χ4n) is 1.22. The van der Waals surface area contributed by atoms with Crippen molar-refractivity contribution < 1.29 is 9.53 Å². The summed E-state index contributed by atoms with van der Waals surface area (Å²) in [6.07, 6.45) is 0. The van der Waals surface area contributed by atoms with Gasteiger partial charge in [-0.15, -0.1) is 0 Å². The molecule has 0 aliphatic carbocycles. The summed E-state index contributed by atoms with van der Waals surface area (Å²) in [5.41, 5.74) is 3.01. The van der Waals surface area contributed by atoms with Crippen LogP contribution in [0.15, 0.2) is 12.1 Å². The van der Waals surface area contributed by atoms with E-state index in [0.717, 1.165) is 16.7 Å². The maximum Gasteiger partial charge on any atom is 0.302 e. The van der Waals surface area contributed by atoms with Crippen LogP contribution >= 0.6 is 11.6 Å². The minimum absolute atomic E-state index is 0.276. The molecule has 14 heavy (non-hydrogen) atoms. The summed E-state index contributed by atoms with van der Waals surface area (Å²) in [6, 6.07) is 3.87. The molecule has 0 saturated carbocycles. The highest BCUT2D eigenvalue weighted by molar-refractivity contribution is 6.31. The van der Waals surface area contributed by atoms with E-state index in [-0.39, 0.29) is 5.97 Å². The van der Waals surface area contributed by atoms with Gasteiger partial charge in [0.2, 0.25) is 0 Å². The fourth-order valence-corrected chi connectivity index (χ4v) is 1.51. The molecule has 0 saturated heterocycles. The largest absolute Gasteiger partial charge is 0.461 e. The van der Waals surface area contributed by atoms with Gasteiger partial charge < -0.3 is 4.74 Å². The van der Waals surface area contributed by atoms with Crippen molar-refractivity contribution in [3.05, 3.63) is 33.8 Å². The quantitative estimate of drug-likeness (QED) is 0.705. The van der Waals surface area contributed by atoms with E-state index in [9.17, 15) is 4.79 Å². The molecule has 1 aromatic rings. The van der Waals surface area contributed by atoms with Gasteiger partial charge in [-0.05, 0) is 36.6 Å². The van der Waals surface area contributed by atoms with Gasteiger partial charge in [0, 0.05) is 11.9 Å². The second-order valence-electron chi connectivity index (χ2n) is 3.31. The van der Waals surface area contributed by atoms with E-state index in [4.69, 9.17) is 16.3 Å². The zero-order valence-electron chi connectivity index (χ0n) is 8.56. The first-order valence-corrected chi connectivity index (χ1v) is 4.77. The van der Waals surface area contributed by atoms with E-state index in [1.54, 1.807) is 0 Å². The van der Waals surface area contributed by atoms with Gasteiger partial charge in [0.1, 0.15) is 6.61 Å². The number of hydrogen-bond donors (Lipinski definition) is 0. The van der Waals surface area contributed by atoms with Crippen molar-refractivity contribution in [3.63, 3.8) is 0 Å². The van der Waals surface area contributed by atoms with Gasteiger partial charge in [-0.1, -0.05) is 17.7 Å². The number of esters is 1. The van der Waals surface area contributed by atoms with Crippen LogP contribution in [0.2, 0.25) is 5.02 Å². The van der Waals surface area contributed by atoms with Crippen molar-refractivity contribution in [1.82, 2.24) is 0 Å². The van der Waals surface area contributed by atoms with E-state index in [1.165, 1.54) is 6.92 Å². The number of ether oxygens (including phenoxy) is 1. The molecule has 0 spiro atoms. The molecule has 0 aliphatic heterocycles. The van der Waals surface area contributed by atoms with E-state index >= 15 is 0 Å². The van der Waals surface area contributed by atoms with Crippen LogP contribution in [0.5, 0.6) is 0 Å². The summed E-state index contributed by atoms with van der Waals surface area (Å²) in [6.45, 7) is 5.57. The predicted molar refractivity (Wildman–Crippen MR) is 56.4 cm³/mol. The van der Waals surface area contributed by atoms with Gasteiger partial charge in [-0.3, -0.25) is 4.79 Å². The molecule has 0 N–H and O–H groups in total. The molecule has 2 nitrogen and oxygen atoms in total. The number of hydrogen-bond acceptors (Lipinski definition) is 2. The van der Waals surface area contributed by atoms with Crippen LogP contribution in [-0.2, 0) is 16.1 Å². The first kappa shape index (κ1) is 11.1. The summed E-state index contributed by atoms with van der Waals surface area (Å²) in [5, 5.41) is 0.715. The molecule has 0 unspecified atom stereocenters. The maximum absolute atomic E-state index is 10.6. The van der Waals surface area contributed by atoms with Crippen LogP contribution in [0.1, 0.15) is 23.6 Å². The normalized spacial score (nSPS) is 10.0. The van der Waals surface area contributed by atoms with Crippen molar-refractivity contribution in [2.45, 2.75) is 27.4 Å². The molecule has 0 bridgehead atoms. The number of halogens is 1. The molecule has 0 amide bonds. The maximum atomic E-state index is 10.6. The van der Waals surface area contributed by atoms with Gasteiger partial charge in [-0.2, -0.15) is 0 Å². The van der Waals surface area contributed by atoms with E-state index in [1.807, 2.05) is 26.0 Å². The molecule has 0 aliphatic rings. The Labute approximate surface area is 88.8 Å². The highest BCUT2D eigenvalue weighted by atomic mass is 35.5. The topological polar surface area (TPSA) is 26.3 Å². The molecule has 0 fully saturated rings. The van der Waals surface area contributed by atoms with Crippen LogP contribution in [0.3, 0.4) is 0 Å². The minimum Gasteiger partial charge on any atom is -0.461 e. The molecule has 0 radical (unpaired) electrons. The summed E-state index contributed by atoms with van der Waals surface area (Å²) in [4.78, 5) is 10.6. The van der Waals surface area contributed by atoms with Gasteiger partial charge in [0.15, 0.2) is 0 Å². The summed E-state index contributed by atoms with van der Waals surface area (Å²) in [7, 11) is 0. The zero-order chi connectivity index (χ0) is 10.7. The smallest absolute Gasteiger partial charge is 0.302 e. The predicted octanol–water partition coefficient (Wildman–Crippen LogP) is 3.02. The average molecular weight is 213 g/mol. The number of aryl methyl sites for hydroxylation is 1. The molecule has 3 heteroatoms. The lowest BCUT2D eigenvalue weighted by Gasteiger charge is -2.08. The molecule has 1 rings (SSSR count). The lowest BCUT2D eigenvalue weighted by Crippen LogP contribution is -2.01. The van der Waals surface area contributed by atoms with Gasteiger partial charge in [0.25, 0.3) is 0 Å². The van der Waals surface area contributed by atoms with Crippen molar-refractivity contribution >= 4 is 17.6 Å². The monoisotopic (exact) mass is 212 g/mol. The van der Waals surface area contributed by atoms with Crippen molar-refractivity contribution in [2.24, 2.45) is 0 Å². The molecular weight excluding hydrogens is 200 g/mol. The molecule has 0 aromatic heterocycles. The second-order valence-corrected chi connectivity index (χ2v) is 3.72. The lowest BCUT2D eigenvalue weighted by atomic mass is 10.1. The summed E-state index contributed by atoms with van der Waals surface area (Å²) < 4.78 is 4.92. The number of benzene rings is 1. The van der Waals surface area contributed by atoms with Crippen LogP contribution in [0.4, 0.5) is 0 Å². The van der Waals surface area contributed by atoms with Gasteiger partial charge in [0.05, 0.1) is 0 Å². The minimum atomic E-state index is -0.276.